The number of hydrogen-bond acceptors (Lipinski definition) is 8. The Bertz CT molecular complexity index is 1350. The summed E-state index contributed by atoms with van der Waals surface area (Å²) in [6.07, 6.45) is 7.82. The highest BCUT2D eigenvalue weighted by Crippen LogP contribution is 2.38. The van der Waals surface area contributed by atoms with E-state index in [1.54, 1.807) is 18.0 Å². The van der Waals surface area contributed by atoms with Gasteiger partial charge in [-0.05, 0) is 95.9 Å². The number of nitrogens with one attached hydrogen (secondary N) is 2. The molecule has 0 spiro atoms. The van der Waals surface area contributed by atoms with Gasteiger partial charge in [0.15, 0.2) is 11.6 Å². The topological polar surface area (TPSA) is 117 Å². The molecule has 4 rings (SSSR count). The van der Waals surface area contributed by atoms with Gasteiger partial charge in [-0.2, -0.15) is 0 Å². The molecule has 12 heteroatoms. The second-order valence-corrected chi connectivity index (χ2v) is 14.5. The second kappa shape index (κ2) is 14.3. The number of ether oxygens (including phenoxy) is 1. The lowest BCUT2D eigenvalue weighted by Crippen LogP contribution is -2.41. The molecule has 2 fully saturated rings. The highest BCUT2D eigenvalue weighted by molar-refractivity contribution is 7.89. The molecule has 1 atom stereocenters. The minimum atomic E-state index is -3.16. The van der Waals surface area contributed by atoms with Gasteiger partial charge >= 0.3 is 0 Å². The summed E-state index contributed by atoms with van der Waals surface area (Å²) >= 11 is 0. The third kappa shape index (κ3) is 8.63. The lowest BCUT2D eigenvalue weighted by molar-refractivity contribution is 0.0713. The third-order valence-corrected chi connectivity index (χ3v) is 10.1. The molecule has 1 saturated heterocycles. The maximum Gasteiger partial charge on any atom is 0.257 e. The Balaban J connectivity index is 1.36. The fourth-order valence-corrected chi connectivity index (χ4v) is 7.05. The number of anilines is 1. The number of rotatable bonds is 13. The van der Waals surface area contributed by atoms with Gasteiger partial charge in [0.1, 0.15) is 17.9 Å². The van der Waals surface area contributed by atoms with Crippen LogP contribution in [0.15, 0.2) is 30.7 Å². The van der Waals surface area contributed by atoms with E-state index in [1.807, 2.05) is 20.8 Å². The first-order valence-electron chi connectivity index (χ1n) is 15.5. The number of aromatic nitrogens is 2. The van der Waals surface area contributed by atoms with E-state index in [2.05, 4.69) is 31.8 Å². The van der Waals surface area contributed by atoms with Crippen molar-refractivity contribution in [3.63, 3.8) is 0 Å². The van der Waals surface area contributed by atoms with Crippen LogP contribution in [0.25, 0.3) is 0 Å². The van der Waals surface area contributed by atoms with Crippen molar-refractivity contribution in [3.05, 3.63) is 42.1 Å². The van der Waals surface area contributed by atoms with Gasteiger partial charge in [0.25, 0.3) is 5.91 Å². The van der Waals surface area contributed by atoms with Gasteiger partial charge in [-0.25, -0.2) is 27.5 Å². The van der Waals surface area contributed by atoms with E-state index in [4.69, 9.17) is 4.74 Å². The minimum absolute atomic E-state index is 0.0199. The van der Waals surface area contributed by atoms with E-state index in [0.717, 1.165) is 58.3 Å². The first-order chi connectivity index (χ1) is 20.4. The Hall–Kier alpha value is -2.83. The summed E-state index contributed by atoms with van der Waals surface area (Å²) in [4.78, 5) is 25.9. The van der Waals surface area contributed by atoms with Crippen LogP contribution in [0.2, 0.25) is 0 Å². The van der Waals surface area contributed by atoms with Crippen molar-refractivity contribution in [3.8, 4) is 11.5 Å². The normalized spacial score (nSPS) is 22.6. The zero-order valence-electron chi connectivity index (χ0n) is 26.1. The number of halogens is 1. The molecule has 1 aromatic carbocycles. The molecular formula is C31H47FN6O4S. The Morgan fingerprint density at radius 3 is 2.63 bits per heavy atom. The van der Waals surface area contributed by atoms with Crippen molar-refractivity contribution in [1.82, 2.24) is 24.9 Å². The van der Waals surface area contributed by atoms with E-state index in [0.29, 0.717) is 24.0 Å². The Morgan fingerprint density at radius 2 is 1.95 bits per heavy atom. The molecule has 0 bridgehead atoms. The average Bonchev–Trinajstić information content (AvgIpc) is 3.36. The average molecular weight is 619 g/mol. The molecule has 1 aliphatic carbocycles. The van der Waals surface area contributed by atoms with Crippen molar-refractivity contribution in [2.24, 2.45) is 11.3 Å². The molecule has 1 aromatic heterocycles. The summed E-state index contributed by atoms with van der Waals surface area (Å²) in [7, 11) is -3.16. The van der Waals surface area contributed by atoms with Crippen molar-refractivity contribution in [1.29, 1.82) is 0 Å². The van der Waals surface area contributed by atoms with Crippen molar-refractivity contribution >= 4 is 21.7 Å². The smallest absolute Gasteiger partial charge is 0.257 e. The van der Waals surface area contributed by atoms with Crippen LogP contribution in [0.4, 0.5) is 10.2 Å². The Labute approximate surface area is 255 Å². The molecule has 2 aliphatic rings. The number of hydrogen-bond donors (Lipinski definition) is 2. The van der Waals surface area contributed by atoms with Crippen LogP contribution in [-0.4, -0.2) is 79.8 Å². The highest BCUT2D eigenvalue weighted by atomic mass is 32.2. The number of sulfonamides is 1. The molecule has 0 radical (unpaired) electrons. The molecular weight excluding hydrogens is 571 g/mol. The summed E-state index contributed by atoms with van der Waals surface area (Å²) in [5.74, 6) is 1.20. The van der Waals surface area contributed by atoms with Gasteiger partial charge in [0, 0.05) is 38.3 Å². The lowest BCUT2D eigenvalue weighted by Gasteiger charge is -2.31. The maximum atomic E-state index is 14.2. The molecule has 2 N–H and O–H groups in total. The van der Waals surface area contributed by atoms with E-state index in [9.17, 15) is 17.6 Å². The number of amides is 1. The molecule has 1 amide bonds. The Morgan fingerprint density at radius 1 is 1.21 bits per heavy atom. The lowest BCUT2D eigenvalue weighted by atomic mass is 9.85. The molecule has 1 aliphatic heterocycles. The van der Waals surface area contributed by atoms with Gasteiger partial charge < -0.3 is 19.9 Å². The quantitative estimate of drug-likeness (QED) is 0.335. The van der Waals surface area contributed by atoms with Gasteiger partial charge in [0.05, 0.1) is 17.5 Å². The molecule has 0 unspecified atom stereocenters. The van der Waals surface area contributed by atoms with Crippen LogP contribution < -0.4 is 19.7 Å². The zero-order chi connectivity index (χ0) is 31.2. The second-order valence-electron chi connectivity index (χ2n) is 12.5. The summed E-state index contributed by atoms with van der Waals surface area (Å²) in [6, 6.07) is 4.00. The van der Waals surface area contributed by atoms with Gasteiger partial charge in [-0.3, -0.25) is 4.79 Å². The van der Waals surface area contributed by atoms with Gasteiger partial charge in [-0.15, -0.1) is 0 Å². The summed E-state index contributed by atoms with van der Waals surface area (Å²) in [6.45, 7) is 13.5. The van der Waals surface area contributed by atoms with Crippen LogP contribution in [0.5, 0.6) is 11.5 Å². The molecule has 2 heterocycles. The fraction of sp³-hybridized carbons (Fsp3) is 0.645. The van der Waals surface area contributed by atoms with Crippen molar-refractivity contribution < 1.29 is 22.3 Å². The predicted molar refractivity (Wildman–Crippen MR) is 167 cm³/mol. The molecule has 2 aromatic rings. The fourth-order valence-electron chi connectivity index (χ4n) is 6.14. The van der Waals surface area contributed by atoms with Gasteiger partial charge in [-0.1, -0.05) is 6.92 Å². The SMILES string of the molecule is CCN(C(=O)c1cc(F)ccc1Oc1cncnc1N1CC[C@@](C)(CNC[C@H]2CC[C@H](NS(=O)(=O)CC)CC2)C1)C(C)C. The number of benzene rings is 1. The van der Waals surface area contributed by atoms with Crippen LogP contribution in [0.1, 0.15) is 77.1 Å². The first kappa shape index (κ1) is 33.1. The standard InChI is InChI=1S/C31H47FN6O4S/c1-6-38(22(3)4)30(39)26-16-24(32)10-13-27(26)42-28-18-34-21-35-29(28)37-15-14-31(5,20-37)19-33-17-23-8-11-25(12-9-23)36-43(40,41)7-2/h10,13,16,18,21-23,25,33,36H,6-9,11-12,14-15,17,19-20H2,1-5H3/t23-,25-,31-/m0/s1. The Kier molecular flexibility index (Phi) is 11.0. The number of carbonyl (C=O) groups is 1. The number of carbonyl (C=O) groups excluding carboxylic acids is 1. The highest BCUT2D eigenvalue weighted by Gasteiger charge is 2.36. The maximum absolute atomic E-state index is 14.2. The first-order valence-corrected chi connectivity index (χ1v) is 17.1. The van der Waals surface area contributed by atoms with Crippen LogP contribution in [0.3, 0.4) is 0 Å². The summed E-state index contributed by atoms with van der Waals surface area (Å²) in [5.41, 5.74) is 0.184. The molecule has 1 saturated carbocycles. The third-order valence-electron chi connectivity index (χ3n) is 8.69. The minimum Gasteiger partial charge on any atom is -0.451 e. The van der Waals surface area contributed by atoms with E-state index < -0.39 is 15.8 Å². The predicted octanol–water partition coefficient (Wildman–Crippen LogP) is 4.58. The van der Waals surface area contributed by atoms with Gasteiger partial charge in [0.2, 0.25) is 10.0 Å². The zero-order valence-corrected chi connectivity index (χ0v) is 26.9. The summed E-state index contributed by atoms with van der Waals surface area (Å²) < 4.78 is 47.1. The molecule has 43 heavy (non-hydrogen) atoms. The largest absolute Gasteiger partial charge is 0.451 e. The van der Waals surface area contributed by atoms with E-state index in [-0.39, 0.29) is 40.5 Å². The van der Waals surface area contributed by atoms with Crippen molar-refractivity contribution in [2.75, 3.05) is 43.4 Å². The molecule has 10 nitrogen and oxygen atoms in total. The summed E-state index contributed by atoms with van der Waals surface area (Å²) in [5, 5.41) is 3.68. The molecule has 238 valence electrons. The van der Waals surface area contributed by atoms with Crippen LogP contribution in [-0.2, 0) is 10.0 Å². The van der Waals surface area contributed by atoms with E-state index in [1.165, 1.54) is 24.5 Å². The number of nitrogens with zero attached hydrogens (tertiary/aromatic N) is 4. The van der Waals surface area contributed by atoms with Crippen LogP contribution in [0, 0.1) is 17.2 Å². The van der Waals surface area contributed by atoms with E-state index >= 15 is 0 Å². The van der Waals surface area contributed by atoms with Crippen LogP contribution >= 0.6 is 0 Å². The van der Waals surface area contributed by atoms with Crippen molar-refractivity contribution in [2.45, 2.75) is 78.8 Å². The monoisotopic (exact) mass is 618 g/mol.